The third kappa shape index (κ3) is 8.57. The van der Waals surface area contributed by atoms with Crippen LogP contribution in [0.1, 0.15) is 30.1 Å². The first-order valence-corrected chi connectivity index (χ1v) is 10.5. The molecule has 0 unspecified atom stereocenters. The molecule has 0 spiro atoms. The van der Waals surface area contributed by atoms with Crippen LogP contribution in [-0.4, -0.2) is 48.7 Å². The van der Waals surface area contributed by atoms with Crippen molar-refractivity contribution in [1.29, 1.82) is 0 Å². The van der Waals surface area contributed by atoms with Crippen molar-refractivity contribution in [3.63, 3.8) is 0 Å². The zero-order valence-corrected chi connectivity index (χ0v) is 18.7. The lowest BCUT2D eigenvalue weighted by Gasteiger charge is -2.27. The Morgan fingerprint density at radius 1 is 1.12 bits per heavy atom. The van der Waals surface area contributed by atoms with Gasteiger partial charge >= 0.3 is 6.09 Å². The molecule has 0 fully saturated rings. The summed E-state index contributed by atoms with van der Waals surface area (Å²) in [6.07, 6.45) is 1.52. The number of ether oxygens (including phenoxy) is 3. The van der Waals surface area contributed by atoms with E-state index in [0.717, 1.165) is 5.56 Å². The van der Waals surface area contributed by atoms with E-state index in [2.05, 4.69) is 5.32 Å². The Kier molecular flexibility index (Phi) is 10.9. The number of para-hydroxylation sites is 1. The Morgan fingerprint density at radius 3 is 2.52 bits per heavy atom. The van der Waals surface area contributed by atoms with Crippen molar-refractivity contribution in [3.05, 3.63) is 71.8 Å². The second-order valence-corrected chi connectivity index (χ2v) is 7.16. The maximum Gasteiger partial charge on any atom is 0.412 e. The average Bonchev–Trinajstić information content (AvgIpc) is 2.83. The number of methoxy groups -OCH3 is 1. The van der Waals surface area contributed by atoms with Gasteiger partial charge in [0, 0.05) is 24.4 Å². The standard InChI is InChI=1S/C24H30N2O7/c1-17-11-13-18(14-12-17)25-24(29)33-23(19-7-3-4-8-20(19)32-16-15-27)21(31-2)9-5-6-10-22(28)26-30/h3-4,6-8,10-14,21,23,27,30H,5,9,15-16H2,1-2H3,(H,25,29)(H,26,28)/b10-6+/t21-,23-/m0/s1. The SMILES string of the molecule is CO[C@@H](CC/C=C/C(=O)NO)[C@@H](OC(=O)Nc1ccc(C)cc1)c1ccccc1OCCO. The smallest absolute Gasteiger partial charge is 0.412 e. The highest BCUT2D eigenvalue weighted by molar-refractivity contribution is 5.86. The van der Waals surface area contributed by atoms with E-state index >= 15 is 0 Å². The predicted molar refractivity (Wildman–Crippen MR) is 122 cm³/mol. The number of carbonyl (C=O) groups is 2. The minimum absolute atomic E-state index is 0.0793. The lowest BCUT2D eigenvalue weighted by molar-refractivity contribution is -0.124. The molecule has 2 aromatic rings. The second-order valence-electron chi connectivity index (χ2n) is 7.16. The van der Waals surface area contributed by atoms with Crippen molar-refractivity contribution in [2.45, 2.75) is 32.0 Å². The molecule has 2 rings (SSSR count). The summed E-state index contributed by atoms with van der Waals surface area (Å²) in [5.41, 5.74) is 3.75. The van der Waals surface area contributed by atoms with E-state index < -0.39 is 24.2 Å². The van der Waals surface area contributed by atoms with Crippen molar-refractivity contribution in [1.82, 2.24) is 5.48 Å². The number of rotatable bonds is 12. The molecule has 33 heavy (non-hydrogen) atoms. The molecule has 0 aliphatic heterocycles. The van der Waals surface area contributed by atoms with Crippen LogP contribution in [0.15, 0.2) is 60.7 Å². The molecule has 4 N–H and O–H groups in total. The van der Waals surface area contributed by atoms with Gasteiger partial charge in [-0.1, -0.05) is 42.0 Å². The van der Waals surface area contributed by atoms with Crippen LogP contribution in [0, 0.1) is 6.92 Å². The van der Waals surface area contributed by atoms with Crippen molar-refractivity contribution in [2.24, 2.45) is 0 Å². The quantitative estimate of drug-likeness (QED) is 0.218. The molecule has 0 radical (unpaired) electrons. The number of benzene rings is 2. The summed E-state index contributed by atoms with van der Waals surface area (Å²) in [5, 5.41) is 20.4. The van der Waals surface area contributed by atoms with Gasteiger partial charge in [0.05, 0.1) is 12.7 Å². The summed E-state index contributed by atoms with van der Waals surface area (Å²) in [5.74, 6) is -0.186. The van der Waals surface area contributed by atoms with Gasteiger partial charge in [-0.2, -0.15) is 0 Å². The Morgan fingerprint density at radius 2 is 1.85 bits per heavy atom. The molecule has 0 aromatic heterocycles. The number of hydroxylamine groups is 1. The fourth-order valence-corrected chi connectivity index (χ4v) is 3.12. The third-order valence-corrected chi connectivity index (χ3v) is 4.74. The van der Waals surface area contributed by atoms with E-state index in [0.29, 0.717) is 29.8 Å². The fraction of sp³-hybridized carbons (Fsp3) is 0.333. The van der Waals surface area contributed by atoms with Gasteiger partial charge < -0.3 is 19.3 Å². The molecule has 0 heterocycles. The first-order chi connectivity index (χ1) is 16.0. The summed E-state index contributed by atoms with van der Waals surface area (Å²) in [6, 6.07) is 14.3. The van der Waals surface area contributed by atoms with Gasteiger partial charge in [-0.3, -0.25) is 15.3 Å². The molecule has 2 aromatic carbocycles. The Bertz CT molecular complexity index is 915. The molecule has 178 valence electrons. The van der Waals surface area contributed by atoms with E-state index in [4.69, 9.17) is 24.5 Å². The highest BCUT2D eigenvalue weighted by Gasteiger charge is 2.29. The van der Waals surface area contributed by atoms with Crippen LogP contribution in [0.3, 0.4) is 0 Å². The van der Waals surface area contributed by atoms with Crippen molar-refractivity contribution in [2.75, 3.05) is 25.6 Å². The average molecular weight is 459 g/mol. The van der Waals surface area contributed by atoms with Gasteiger partial charge in [0.15, 0.2) is 6.10 Å². The topological polar surface area (TPSA) is 126 Å². The fourth-order valence-electron chi connectivity index (χ4n) is 3.12. The molecular weight excluding hydrogens is 428 g/mol. The number of aliphatic hydroxyl groups is 1. The minimum Gasteiger partial charge on any atom is -0.491 e. The van der Waals surface area contributed by atoms with Gasteiger partial charge in [0.1, 0.15) is 12.4 Å². The lowest BCUT2D eigenvalue weighted by Crippen LogP contribution is -2.28. The van der Waals surface area contributed by atoms with E-state index in [-0.39, 0.29) is 13.2 Å². The number of nitrogens with one attached hydrogen (secondary N) is 2. The molecule has 0 aliphatic rings. The van der Waals surface area contributed by atoms with Gasteiger partial charge in [0.2, 0.25) is 0 Å². The molecule has 9 nitrogen and oxygen atoms in total. The first kappa shape index (κ1) is 25.9. The molecule has 0 aliphatic carbocycles. The molecule has 9 heteroatoms. The van der Waals surface area contributed by atoms with Crippen LogP contribution in [-0.2, 0) is 14.3 Å². The monoisotopic (exact) mass is 458 g/mol. The Hall–Kier alpha value is -3.40. The number of hydrogen-bond acceptors (Lipinski definition) is 7. The molecule has 0 saturated carbocycles. The van der Waals surface area contributed by atoms with E-state index in [9.17, 15) is 9.59 Å². The van der Waals surface area contributed by atoms with Gasteiger partial charge in [0.25, 0.3) is 5.91 Å². The molecule has 2 atom stereocenters. The predicted octanol–water partition coefficient (Wildman–Crippen LogP) is 3.51. The highest BCUT2D eigenvalue weighted by atomic mass is 16.6. The van der Waals surface area contributed by atoms with Crippen LogP contribution in [0.5, 0.6) is 5.75 Å². The number of hydrogen-bond donors (Lipinski definition) is 4. The Balaban J connectivity index is 2.24. The lowest BCUT2D eigenvalue weighted by atomic mass is 9.99. The molecule has 0 bridgehead atoms. The van der Waals surface area contributed by atoms with Gasteiger partial charge in [-0.15, -0.1) is 0 Å². The normalized spacial score (nSPS) is 12.7. The number of aliphatic hydroxyl groups excluding tert-OH is 1. The van der Waals surface area contributed by atoms with E-state index in [1.807, 2.05) is 19.1 Å². The van der Waals surface area contributed by atoms with Crippen LogP contribution < -0.4 is 15.5 Å². The van der Waals surface area contributed by atoms with Crippen molar-refractivity contribution in [3.8, 4) is 5.75 Å². The number of aryl methyl sites for hydroxylation is 1. The third-order valence-electron chi connectivity index (χ3n) is 4.74. The number of anilines is 1. The van der Waals surface area contributed by atoms with Crippen molar-refractivity contribution >= 4 is 17.7 Å². The second kappa shape index (κ2) is 13.9. The summed E-state index contributed by atoms with van der Waals surface area (Å²) >= 11 is 0. The van der Waals surface area contributed by atoms with Crippen LogP contribution in [0.4, 0.5) is 10.5 Å². The first-order valence-electron chi connectivity index (χ1n) is 10.5. The van der Waals surface area contributed by atoms with E-state index in [1.165, 1.54) is 18.7 Å². The maximum absolute atomic E-state index is 12.7. The number of amides is 2. The van der Waals surface area contributed by atoms with E-state index in [1.54, 1.807) is 42.5 Å². The summed E-state index contributed by atoms with van der Waals surface area (Å²) in [6.45, 7) is 1.86. The minimum atomic E-state index is -0.838. The van der Waals surface area contributed by atoms with Gasteiger partial charge in [-0.25, -0.2) is 10.3 Å². The molecular formula is C24H30N2O7. The van der Waals surface area contributed by atoms with Crippen molar-refractivity contribution < 1.29 is 34.1 Å². The Labute approximate surface area is 192 Å². The molecule has 2 amide bonds. The van der Waals surface area contributed by atoms with Gasteiger partial charge in [-0.05, 0) is 38.0 Å². The number of carbonyl (C=O) groups excluding carboxylic acids is 2. The van der Waals surface area contributed by atoms with Crippen LogP contribution >= 0.6 is 0 Å². The maximum atomic E-state index is 12.7. The summed E-state index contributed by atoms with van der Waals surface area (Å²) in [4.78, 5) is 23.9. The summed E-state index contributed by atoms with van der Waals surface area (Å²) in [7, 11) is 1.50. The van der Waals surface area contributed by atoms with Crippen LogP contribution in [0.25, 0.3) is 0 Å². The summed E-state index contributed by atoms with van der Waals surface area (Å²) < 4.78 is 17.1. The van der Waals surface area contributed by atoms with Crippen LogP contribution in [0.2, 0.25) is 0 Å². The highest BCUT2D eigenvalue weighted by Crippen LogP contribution is 2.33. The molecule has 0 saturated heterocycles. The zero-order chi connectivity index (χ0) is 24.1. The zero-order valence-electron chi connectivity index (χ0n) is 18.7. The number of allylic oxidation sites excluding steroid dienone is 1. The largest absolute Gasteiger partial charge is 0.491 e.